The Morgan fingerprint density at radius 3 is 2.44 bits per heavy atom. The summed E-state index contributed by atoms with van der Waals surface area (Å²) in [5.41, 5.74) is 6.70. The van der Waals surface area contributed by atoms with Gasteiger partial charge in [0, 0.05) is 24.8 Å². The Kier molecular flexibility index (Phi) is 2.99. The molecule has 2 rings (SSSR count). The smallest absolute Gasteiger partial charge is 0.227 e. The van der Waals surface area contributed by atoms with E-state index in [0.717, 1.165) is 24.7 Å². The maximum atomic E-state index is 5.76. The summed E-state index contributed by atoms with van der Waals surface area (Å²) in [6.07, 6.45) is 1.29. The molecule has 2 unspecified atom stereocenters. The van der Waals surface area contributed by atoms with Gasteiger partial charge in [0.2, 0.25) is 5.95 Å². The van der Waals surface area contributed by atoms with Crippen molar-refractivity contribution in [2.24, 2.45) is 11.8 Å². The molecule has 0 radical (unpaired) electrons. The Bertz CT molecular complexity index is 347. The summed E-state index contributed by atoms with van der Waals surface area (Å²) in [6, 6.07) is 1.81. The van der Waals surface area contributed by atoms with E-state index in [9.17, 15) is 0 Å². The van der Waals surface area contributed by atoms with Crippen LogP contribution in [0.15, 0.2) is 6.07 Å². The fourth-order valence-electron chi connectivity index (χ4n) is 2.54. The van der Waals surface area contributed by atoms with Crippen molar-refractivity contribution in [2.45, 2.75) is 27.2 Å². The molecule has 1 aromatic heterocycles. The number of hydrogen-bond acceptors (Lipinski definition) is 4. The van der Waals surface area contributed by atoms with E-state index in [1.165, 1.54) is 6.42 Å². The maximum Gasteiger partial charge on any atom is 0.227 e. The lowest BCUT2D eigenvalue weighted by atomic mass is 9.92. The third kappa shape index (κ3) is 2.43. The highest BCUT2D eigenvalue weighted by Crippen LogP contribution is 2.24. The first kappa shape index (κ1) is 11.2. The van der Waals surface area contributed by atoms with E-state index < -0.39 is 0 Å². The van der Waals surface area contributed by atoms with Crippen molar-refractivity contribution in [3.05, 3.63) is 11.8 Å². The molecule has 0 saturated carbocycles. The highest BCUT2D eigenvalue weighted by atomic mass is 15.3. The van der Waals surface area contributed by atoms with Gasteiger partial charge in [-0.25, -0.2) is 4.98 Å². The summed E-state index contributed by atoms with van der Waals surface area (Å²) < 4.78 is 0. The lowest BCUT2D eigenvalue weighted by Crippen LogP contribution is -2.39. The lowest BCUT2D eigenvalue weighted by molar-refractivity contribution is 0.353. The molecule has 88 valence electrons. The minimum Gasteiger partial charge on any atom is -0.384 e. The third-order valence-electron chi connectivity index (χ3n) is 3.01. The predicted molar refractivity (Wildman–Crippen MR) is 66.3 cm³/mol. The molecule has 1 aliphatic rings. The first-order chi connectivity index (χ1) is 7.54. The summed E-state index contributed by atoms with van der Waals surface area (Å²) in [4.78, 5) is 11.0. The zero-order valence-electron chi connectivity index (χ0n) is 10.3. The van der Waals surface area contributed by atoms with Gasteiger partial charge in [0.1, 0.15) is 5.82 Å². The number of piperidine rings is 1. The number of aryl methyl sites for hydroxylation is 1. The van der Waals surface area contributed by atoms with Gasteiger partial charge in [0.25, 0.3) is 0 Å². The van der Waals surface area contributed by atoms with Gasteiger partial charge in [-0.1, -0.05) is 13.8 Å². The molecule has 2 atom stereocenters. The first-order valence-corrected chi connectivity index (χ1v) is 5.90. The summed E-state index contributed by atoms with van der Waals surface area (Å²) in [5.74, 6) is 2.76. The van der Waals surface area contributed by atoms with Crippen molar-refractivity contribution in [1.29, 1.82) is 0 Å². The highest BCUT2D eigenvalue weighted by Gasteiger charge is 2.23. The SMILES string of the molecule is Cc1cc(N)nc(N2CC(C)CC(C)C2)n1. The molecule has 2 N–H and O–H groups in total. The normalized spacial score (nSPS) is 25.8. The fourth-order valence-corrected chi connectivity index (χ4v) is 2.54. The minimum absolute atomic E-state index is 0.563. The standard InChI is InChI=1S/C12H20N4/c1-8-4-9(2)7-16(6-8)12-14-10(3)5-11(13)15-12/h5,8-9H,4,6-7H2,1-3H3,(H2,13,14,15). The molecule has 1 aliphatic heterocycles. The van der Waals surface area contributed by atoms with Crippen LogP contribution in [0, 0.1) is 18.8 Å². The number of rotatable bonds is 1. The Hall–Kier alpha value is -1.32. The Morgan fingerprint density at radius 1 is 1.25 bits per heavy atom. The number of nitrogens with zero attached hydrogens (tertiary/aromatic N) is 3. The maximum absolute atomic E-state index is 5.76. The van der Waals surface area contributed by atoms with E-state index in [4.69, 9.17) is 5.73 Å². The largest absolute Gasteiger partial charge is 0.384 e. The lowest BCUT2D eigenvalue weighted by Gasteiger charge is -2.35. The van der Waals surface area contributed by atoms with Gasteiger partial charge in [-0.3, -0.25) is 0 Å². The van der Waals surface area contributed by atoms with E-state index in [2.05, 4.69) is 28.7 Å². The average Bonchev–Trinajstić information content (AvgIpc) is 2.14. The van der Waals surface area contributed by atoms with Crippen molar-refractivity contribution in [3.8, 4) is 0 Å². The van der Waals surface area contributed by atoms with Crippen molar-refractivity contribution < 1.29 is 0 Å². The summed E-state index contributed by atoms with van der Waals surface area (Å²) in [7, 11) is 0. The molecule has 0 spiro atoms. The quantitative estimate of drug-likeness (QED) is 0.784. The minimum atomic E-state index is 0.563. The second kappa shape index (κ2) is 4.28. The Balaban J connectivity index is 2.22. The fraction of sp³-hybridized carbons (Fsp3) is 0.667. The second-order valence-electron chi connectivity index (χ2n) is 5.09. The molecule has 1 saturated heterocycles. The second-order valence-corrected chi connectivity index (χ2v) is 5.09. The van der Waals surface area contributed by atoms with Crippen molar-refractivity contribution >= 4 is 11.8 Å². The number of aromatic nitrogens is 2. The highest BCUT2D eigenvalue weighted by molar-refractivity contribution is 5.40. The van der Waals surface area contributed by atoms with Crippen LogP contribution in [0.4, 0.5) is 11.8 Å². The van der Waals surface area contributed by atoms with Crippen molar-refractivity contribution in [1.82, 2.24) is 9.97 Å². The van der Waals surface area contributed by atoms with Crippen LogP contribution in [0.3, 0.4) is 0 Å². The zero-order chi connectivity index (χ0) is 11.7. The van der Waals surface area contributed by atoms with Gasteiger partial charge in [-0.05, 0) is 25.2 Å². The van der Waals surface area contributed by atoms with Crippen LogP contribution in [-0.4, -0.2) is 23.1 Å². The molecule has 0 aliphatic carbocycles. The molecule has 16 heavy (non-hydrogen) atoms. The molecule has 4 nitrogen and oxygen atoms in total. The topological polar surface area (TPSA) is 55.0 Å². The zero-order valence-corrected chi connectivity index (χ0v) is 10.3. The van der Waals surface area contributed by atoms with Crippen LogP contribution < -0.4 is 10.6 Å². The molecule has 1 fully saturated rings. The summed E-state index contributed by atoms with van der Waals surface area (Å²) in [5, 5.41) is 0. The Morgan fingerprint density at radius 2 is 1.88 bits per heavy atom. The van der Waals surface area contributed by atoms with Gasteiger partial charge >= 0.3 is 0 Å². The molecule has 0 aromatic carbocycles. The monoisotopic (exact) mass is 220 g/mol. The molecule has 0 amide bonds. The molecule has 4 heteroatoms. The van der Waals surface area contributed by atoms with Gasteiger partial charge in [-0.2, -0.15) is 4.98 Å². The number of nitrogen functional groups attached to an aromatic ring is 1. The number of anilines is 2. The molecule has 1 aromatic rings. The molecule has 0 bridgehead atoms. The number of nitrogens with two attached hydrogens (primary N) is 1. The van der Waals surface area contributed by atoms with E-state index in [0.29, 0.717) is 17.7 Å². The number of hydrogen-bond donors (Lipinski definition) is 1. The predicted octanol–water partition coefficient (Wildman–Crippen LogP) is 1.85. The van der Waals surface area contributed by atoms with E-state index in [1.54, 1.807) is 6.07 Å². The van der Waals surface area contributed by atoms with Crippen molar-refractivity contribution in [2.75, 3.05) is 23.7 Å². The van der Waals surface area contributed by atoms with Crippen LogP contribution in [-0.2, 0) is 0 Å². The molecular weight excluding hydrogens is 200 g/mol. The van der Waals surface area contributed by atoms with Gasteiger partial charge in [-0.15, -0.1) is 0 Å². The summed E-state index contributed by atoms with van der Waals surface area (Å²) in [6.45, 7) is 8.59. The van der Waals surface area contributed by atoms with Crippen LogP contribution in [0.5, 0.6) is 0 Å². The third-order valence-corrected chi connectivity index (χ3v) is 3.01. The first-order valence-electron chi connectivity index (χ1n) is 5.90. The summed E-state index contributed by atoms with van der Waals surface area (Å²) >= 11 is 0. The van der Waals surface area contributed by atoms with E-state index in [-0.39, 0.29) is 0 Å². The molecular formula is C12H20N4. The van der Waals surface area contributed by atoms with Gasteiger partial charge in [0.15, 0.2) is 0 Å². The van der Waals surface area contributed by atoms with Crippen LogP contribution >= 0.6 is 0 Å². The van der Waals surface area contributed by atoms with Gasteiger partial charge in [0.05, 0.1) is 0 Å². The van der Waals surface area contributed by atoms with Gasteiger partial charge < -0.3 is 10.6 Å². The van der Waals surface area contributed by atoms with E-state index in [1.807, 2.05) is 6.92 Å². The van der Waals surface area contributed by atoms with E-state index >= 15 is 0 Å². The van der Waals surface area contributed by atoms with Crippen LogP contribution in [0.2, 0.25) is 0 Å². The van der Waals surface area contributed by atoms with Crippen molar-refractivity contribution in [3.63, 3.8) is 0 Å². The Labute approximate surface area is 96.9 Å². The average molecular weight is 220 g/mol. The van der Waals surface area contributed by atoms with Crippen LogP contribution in [0.25, 0.3) is 0 Å². The van der Waals surface area contributed by atoms with Crippen LogP contribution in [0.1, 0.15) is 26.0 Å². The molecule has 2 heterocycles.